The van der Waals surface area contributed by atoms with Crippen molar-refractivity contribution in [2.45, 2.75) is 283 Å². The minimum atomic E-state index is -4.63. The number of rotatable bonds is 53. The molecule has 0 aromatic heterocycles. The highest BCUT2D eigenvalue weighted by molar-refractivity contribution is 7.45. The lowest BCUT2D eigenvalue weighted by molar-refractivity contribution is -0.870. The first kappa shape index (κ1) is 65.5. The molecule has 0 radical (unpaired) electrons. The van der Waals surface area contributed by atoms with Gasteiger partial charge in [-0.05, 0) is 44.9 Å². The average Bonchev–Trinajstić information content (AvgIpc) is 3.29. The number of likely N-dealkylation sites (N-methyl/N-ethyl adjacent to an activating group) is 1. The van der Waals surface area contributed by atoms with Crippen molar-refractivity contribution in [1.29, 1.82) is 0 Å². The number of allylic oxidation sites excluding steroid dienone is 4. The topological polar surface area (TPSA) is 111 Å². The van der Waals surface area contributed by atoms with Crippen LogP contribution in [-0.2, 0) is 32.7 Å². The molecule has 0 aromatic rings. The van der Waals surface area contributed by atoms with Crippen LogP contribution in [0.5, 0.6) is 0 Å². The molecule has 0 saturated heterocycles. The number of hydrogen-bond donors (Lipinski definition) is 0. The summed E-state index contributed by atoms with van der Waals surface area (Å²) in [5.41, 5.74) is 0. The Hall–Kier alpha value is -1.51. The molecule has 0 N–H and O–H groups in total. The third kappa shape index (κ3) is 53.7. The van der Waals surface area contributed by atoms with Crippen molar-refractivity contribution in [3.63, 3.8) is 0 Å². The summed E-state index contributed by atoms with van der Waals surface area (Å²) in [7, 11) is 1.17. The number of phosphoric acid groups is 1. The van der Waals surface area contributed by atoms with E-state index in [0.717, 1.165) is 51.4 Å². The summed E-state index contributed by atoms with van der Waals surface area (Å²) in [6.07, 6.45) is 58.0. The van der Waals surface area contributed by atoms with Crippen molar-refractivity contribution < 1.29 is 42.1 Å². The van der Waals surface area contributed by atoms with E-state index in [1.165, 1.54) is 193 Å². The lowest BCUT2D eigenvalue weighted by atomic mass is 10.0. The molecule has 0 amide bonds. The minimum absolute atomic E-state index is 0.0302. The van der Waals surface area contributed by atoms with Gasteiger partial charge in [-0.15, -0.1) is 0 Å². The standard InChI is InChI=1S/C57H110NO8P/c1-6-8-10-12-14-16-18-20-22-24-25-26-27-28-29-30-31-32-34-35-37-39-41-43-45-47-49-56(59)63-53-55(54-65-67(61,62)64-52-51-58(3,4)5)66-57(60)50-48-46-44-42-40-38-36-33-23-21-19-17-15-13-11-9-7-2/h15,17,21,23,55H,6-14,16,18-20,22,24-54H2,1-5H3/b17-15-,23-21-. The van der Waals surface area contributed by atoms with Crippen LogP contribution >= 0.6 is 7.82 Å². The molecule has 0 fully saturated rings. The second-order valence-corrected chi connectivity index (χ2v) is 22.1. The number of quaternary nitrogens is 1. The molecule has 0 rings (SSSR count). The zero-order chi connectivity index (χ0) is 49.2. The van der Waals surface area contributed by atoms with Crippen LogP contribution in [0.15, 0.2) is 24.3 Å². The number of unbranched alkanes of at least 4 members (excludes halogenated alkanes) is 35. The second kappa shape index (κ2) is 49.5. The quantitative estimate of drug-likeness (QED) is 0.0195. The van der Waals surface area contributed by atoms with Gasteiger partial charge in [0.25, 0.3) is 7.82 Å². The zero-order valence-corrected chi connectivity index (χ0v) is 45.8. The number of esters is 2. The van der Waals surface area contributed by atoms with Crippen LogP contribution in [0.1, 0.15) is 277 Å². The number of carbonyl (C=O) groups excluding carboxylic acids is 2. The summed E-state index contributed by atoms with van der Waals surface area (Å²) >= 11 is 0. The summed E-state index contributed by atoms with van der Waals surface area (Å²) in [5, 5.41) is 0. The number of nitrogens with zero attached hydrogens (tertiary/aromatic N) is 1. The van der Waals surface area contributed by atoms with Gasteiger partial charge < -0.3 is 27.9 Å². The first-order valence-electron chi connectivity index (χ1n) is 28.5. The fraction of sp³-hybridized carbons (Fsp3) is 0.895. The Morgan fingerprint density at radius 3 is 1.21 bits per heavy atom. The second-order valence-electron chi connectivity index (χ2n) is 20.7. The van der Waals surface area contributed by atoms with Crippen molar-refractivity contribution in [3.8, 4) is 0 Å². The predicted octanol–water partition coefficient (Wildman–Crippen LogP) is 16.8. The van der Waals surface area contributed by atoms with E-state index >= 15 is 0 Å². The van der Waals surface area contributed by atoms with Crippen molar-refractivity contribution in [3.05, 3.63) is 24.3 Å². The molecule has 0 aliphatic carbocycles. The predicted molar refractivity (Wildman–Crippen MR) is 282 cm³/mol. The lowest BCUT2D eigenvalue weighted by Gasteiger charge is -2.28. The number of phosphoric ester groups is 1. The molecule has 0 heterocycles. The molecule has 0 aliphatic rings. The lowest BCUT2D eigenvalue weighted by Crippen LogP contribution is -2.37. The van der Waals surface area contributed by atoms with E-state index in [1.54, 1.807) is 0 Å². The summed E-state index contributed by atoms with van der Waals surface area (Å²) in [6.45, 7) is 4.25. The monoisotopic (exact) mass is 968 g/mol. The van der Waals surface area contributed by atoms with Gasteiger partial charge in [0.05, 0.1) is 27.7 Å². The smallest absolute Gasteiger partial charge is 0.306 e. The first-order chi connectivity index (χ1) is 32.5. The Kier molecular flexibility index (Phi) is 48.4. The van der Waals surface area contributed by atoms with E-state index in [-0.39, 0.29) is 32.0 Å². The molecule has 0 aromatic carbocycles. The normalized spacial score (nSPS) is 13.5. The molecule has 10 heteroatoms. The van der Waals surface area contributed by atoms with E-state index in [2.05, 4.69) is 38.2 Å². The Balaban J connectivity index is 4.10. The summed E-state index contributed by atoms with van der Waals surface area (Å²) < 4.78 is 34.1. The zero-order valence-electron chi connectivity index (χ0n) is 44.9. The Morgan fingerprint density at radius 2 is 0.806 bits per heavy atom. The van der Waals surface area contributed by atoms with Gasteiger partial charge in [-0.1, -0.05) is 244 Å². The Labute approximate surface area is 415 Å². The minimum Gasteiger partial charge on any atom is -0.756 e. The molecule has 2 atom stereocenters. The Bertz CT molecular complexity index is 1190. The van der Waals surface area contributed by atoms with Gasteiger partial charge in [-0.3, -0.25) is 14.2 Å². The van der Waals surface area contributed by atoms with E-state index in [0.29, 0.717) is 17.4 Å². The van der Waals surface area contributed by atoms with Gasteiger partial charge in [-0.2, -0.15) is 0 Å². The molecule has 2 unspecified atom stereocenters. The molecular weight excluding hydrogens is 858 g/mol. The third-order valence-corrected chi connectivity index (χ3v) is 13.7. The first-order valence-corrected chi connectivity index (χ1v) is 30.0. The van der Waals surface area contributed by atoms with Crippen molar-refractivity contribution in [2.75, 3.05) is 47.5 Å². The van der Waals surface area contributed by atoms with Crippen molar-refractivity contribution >= 4 is 19.8 Å². The van der Waals surface area contributed by atoms with E-state index < -0.39 is 26.5 Å². The molecule has 396 valence electrons. The third-order valence-electron chi connectivity index (χ3n) is 12.7. The molecule has 9 nitrogen and oxygen atoms in total. The maximum absolute atomic E-state index is 12.8. The maximum atomic E-state index is 12.8. The van der Waals surface area contributed by atoms with Crippen LogP contribution in [-0.4, -0.2) is 70.0 Å². The fourth-order valence-electron chi connectivity index (χ4n) is 8.28. The highest BCUT2D eigenvalue weighted by Gasteiger charge is 2.22. The largest absolute Gasteiger partial charge is 0.756 e. The highest BCUT2D eigenvalue weighted by atomic mass is 31.2. The van der Waals surface area contributed by atoms with Crippen LogP contribution in [0.4, 0.5) is 0 Å². The summed E-state index contributed by atoms with van der Waals surface area (Å²) in [6, 6.07) is 0. The number of ether oxygens (including phenoxy) is 2. The summed E-state index contributed by atoms with van der Waals surface area (Å²) in [4.78, 5) is 37.8. The average molecular weight is 968 g/mol. The van der Waals surface area contributed by atoms with E-state index in [1.807, 2.05) is 21.1 Å². The van der Waals surface area contributed by atoms with Gasteiger partial charge in [0.2, 0.25) is 0 Å². The van der Waals surface area contributed by atoms with Crippen LogP contribution < -0.4 is 4.89 Å². The molecule has 0 bridgehead atoms. The highest BCUT2D eigenvalue weighted by Crippen LogP contribution is 2.38. The molecule has 0 saturated carbocycles. The van der Waals surface area contributed by atoms with Gasteiger partial charge in [0, 0.05) is 12.8 Å². The van der Waals surface area contributed by atoms with Crippen LogP contribution in [0, 0.1) is 0 Å². The SMILES string of the molecule is CCCCC/C=C\C/C=C\CCCCCCCCCC(=O)OC(COC(=O)CCCCCCCCCCCCCCCCCCCCCCCCCCCC)COP(=O)([O-])OCC[N+](C)(C)C. The molecule has 0 aliphatic heterocycles. The number of carbonyl (C=O) groups is 2. The van der Waals surface area contributed by atoms with Gasteiger partial charge >= 0.3 is 11.9 Å². The van der Waals surface area contributed by atoms with Gasteiger partial charge in [-0.25, -0.2) is 0 Å². The maximum Gasteiger partial charge on any atom is 0.306 e. The van der Waals surface area contributed by atoms with Crippen LogP contribution in [0.2, 0.25) is 0 Å². The molecule has 67 heavy (non-hydrogen) atoms. The van der Waals surface area contributed by atoms with Crippen molar-refractivity contribution in [1.82, 2.24) is 0 Å². The van der Waals surface area contributed by atoms with E-state index in [4.69, 9.17) is 18.5 Å². The summed E-state index contributed by atoms with van der Waals surface area (Å²) in [5.74, 6) is -0.828. The van der Waals surface area contributed by atoms with Crippen molar-refractivity contribution in [2.24, 2.45) is 0 Å². The van der Waals surface area contributed by atoms with Crippen LogP contribution in [0.3, 0.4) is 0 Å². The van der Waals surface area contributed by atoms with Crippen LogP contribution in [0.25, 0.3) is 0 Å². The number of hydrogen-bond acceptors (Lipinski definition) is 8. The van der Waals surface area contributed by atoms with E-state index in [9.17, 15) is 19.0 Å². The Morgan fingerprint density at radius 1 is 0.463 bits per heavy atom. The molecular formula is C57H110NO8P. The molecule has 0 spiro atoms. The van der Waals surface area contributed by atoms with Gasteiger partial charge in [0.1, 0.15) is 19.8 Å². The fourth-order valence-corrected chi connectivity index (χ4v) is 9.01. The van der Waals surface area contributed by atoms with Gasteiger partial charge in [0.15, 0.2) is 6.10 Å².